The molecule has 2 aromatic rings. The zero-order valence-electron chi connectivity index (χ0n) is 14.7. The van der Waals surface area contributed by atoms with Gasteiger partial charge in [-0.05, 0) is 30.7 Å². The maximum Gasteiger partial charge on any atom is 0.270 e. The molecule has 0 aliphatic heterocycles. The summed E-state index contributed by atoms with van der Waals surface area (Å²) in [5.74, 6) is -0.743. The molecule has 1 heterocycles. The molecule has 1 amide bonds. The molecule has 0 spiro atoms. The Balaban J connectivity index is 1.77. The van der Waals surface area contributed by atoms with E-state index in [1.807, 2.05) is 18.2 Å². The van der Waals surface area contributed by atoms with E-state index < -0.39 is 5.79 Å². The third kappa shape index (κ3) is 3.40. The highest BCUT2D eigenvalue weighted by atomic mass is 35.5. The van der Waals surface area contributed by atoms with Crippen molar-refractivity contribution >= 4 is 28.4 Å². The summed E-state index contributed by atoms with van der Waals surface area (Å²) in [6.07, 6.45) is 1.96. The highest BCUT2D eigenvalue weighted by Gasteiger charge is 2.42. The van der Waals surface area contributed by atoms with Gasteiger partial charge in [-0.3, -0.25) is 4.79 Å². The van der Waals surface area contributed by atoms with Crippen LogP contribution in [0.5, 0.6) is 0 Å². The molecule has 2 atom stereocenters. The van der Waals surface area contributed by atoms with Gasteiger partial charge in [0, 0.05) is 62.1 Å². The van der Waals surface area contributed by atoms with Crippen LogP contribution in [-0.2, 0) is 9.47 Å². The number of aromatic amines is 1. The molecule has 1 aliphatic carbocycles. The molecule has 1 fully saturated rings. The van der Waals surface area contributed by atoms with Crippen molar-refractivity contribution in [2.75, 3.05) is 21.3 Å². The first-order valence-electron chi connectivity index (χ1n) is 8.30. The van der Waals surface area contributed by atoms with E-state index in [-0.39, 0.29) is 18.0 Å². The van der Waals surface area contributed by atoms with Crippen molar-refractivity contribution in [2.45, 2.75) is 37.1 Å². The van der Waals surface area contributed by atoms with E-state index in [2.05, 4.69) is 4.98 Å². The zero-order chi connectivity index (χ0) is 18.2. The number of aromatic nitrogens is 1. The van der Waals surface area contributed by atoms with E-state index >= 15 is 0 Å². The summed E-state index contributed by atoms with van der Waals surface area (Å²) in [6, 6.07) is 7.03. The van der Waals surface area contributed by atoms with Crippen LogP contribution in [0.4, 0.5) is 0 Å². The zero-order valence-corrected chi connectivity index (χ0v) is 15.5. The number of amides is 1. The number of methoxy groups -OCH3 is 2. The van der Waals surface area contributed by atoms with Gasteiger partial charge in [0.25, 0.3) is 5.91 Å². The largest absolute Gasteiger partial charge is 0.353 e. The molecule has 1 saturated carbocycles. The van der Waals surface area contributed by atoms with Gasteiger partial charge in [0.2, 0.25) is 0 Å². The normalized spacial score (nSPS) is 22.9. The van der Waals surface area contributed by atoms with Crippen LogP contribution in [0, 0.1) is 0 Å². The Labute approximate surface area is 152 Å². The first-order valence-corrected chi connectivity index (χ1v) is 8.68. The van der Waals surface area contributed by atoms with Crippen LogP contribution >= 0.6 is 11.6 Å². The number of hydrogen-bond acceptors (Lipinski definition) is 4. The van der Waals surface area contributed by atoms with Gasteiger partial charge in [0.05, 0.1) is 0 Å². The lowest BCUT2D eigenvalue weighted by Gasteiger charge is -2.44. The average molecular weight is 366 g/mol. The minimum Gasteiger partial charge on any atom is -0.353 e. The second-order valence-electron chi connectivity index (χ2n) is 6.62. The van der Waals surface area contributed by atoms with Crippen molar-refractivity contribution in [2.24, 2.45) is 5.73 Å². The topological polar surface area (TPSA) is 80.6 Å². The summed E-state index contributed by atoms with van der Waals surface area (Å²) in [7, 11) is 5.04. The Kier molecular flexibility index (Phi) is 5.06. The summed E-state index contributed by atoms with van der Waals surface area (Å²) in [5, 5.41) is 1.55. The van der Waals surface area contributed by atoms with E-state index in [1.165, 1.54) is 0 Å². The van der Waals surface area contributed by atoms with Crippen LogP contribution in [-0.4, -0.2) is 54.9 Å². The summed E-state index contributed by atoms with van der Waals surface area (Å²) in [6.45, 7) is 0. The summed E-state index contributed by atoms with van der Waals surface area (Å²) in [5.41, 5.74) is 7.75. The van der Waals surface area contributed by atoms with E-state index in [0.29, 0.717) is 23.6 Å². The van der Waals surface area contributed by atoms with Crippen molar-refractivity contribution < 1.29 is 14.3 Å². The smallest absolute Gasteiger partial charge is 0.270 e. The molecule has 0 unspecified atom stereocenters. The number of likely N-dealkylation sites (N-methyl/N-ethyl adjacent to an activating group) is 1. The maximum absolute atomic E-state index is 12.9. The maximum atomic E-state index is 12.9. The predicted octanol–water partition coefficient (Wildman–Crippen LogP) is 2.76. The minimum absolute atomic E-state index is 0.0686. The average Bonchev–Trinajstić information content (AvgIpc) is 3.03. The fourth-order valence-corrected chi connectivity index (χ4v) is 3.85. The summed E-state index contributed by atoms with van der Waals surface area (Å²) < 4.78 is 11.0. The number of nitrogens with one attached hydrogen (secondary N) is 1. The molecule has 0 bridgehead atoms. The molecule has 7 heteroatoms. The van der Waals surface area contributed by atoms with Crippen molar-refractivity contribution in [1.82, 2.24) is 9.88 Å². The number of nitrogens with zero attached hydrogens (tertiary/aromatic N) is 1. The van der Waals surface area contributed by atoms with Crippen molar-refractivity contribution in [1.29, 1.82) is 0 Å². The lowest BCUT2D eigenvalue weighted by Crippen LogP contribution is -2.57. The molecule has 25 heavy (non-hydrogen) atoms. The number of nitrogens with two attached hydrogens (primary N) is 1. The number of H-pyrrole nitrogens is 1. The third-order valence-corrected chi connectivity index (χ3v) is 5.47. The highest BCUT2D eigenvalue weighted by Crippen LogP contribution is 2.33. The van der Waals surface area contributed by atoms with Crippen LogP contribution in [0.15, 0.2) is 24.3 Å². The summed E-state index contributed by atoms with van der Waals surface area (Å²) in [4.78, 5) is 17.8. The van der Waals surface area contributed by atoms with Gasteiger partial charge >= 0.3 is 0 Å². The SMILES string of the molecule is COC1(OC)CC[C@H](N(C)C(=O)c2cc3cc(Cl)ccc3[nH]2)[C@H](N)C1. The van der Waals surface area contributed by atoms with E-state index in [9.17, 15) is 4.79 Å². The Morgan fingerprint density at radius 3 is 2.72 bits per heavy atom. The molecule has 1 aliphatic rings. The number of rotatable bonds is 4. The molecule has 0 radical (unpaired) electrons. The van der Waals surface area contributed by atoms with E-state index in [1.54, 1.807) is 32.2 Å². The van der Waals surface area contributed by atoms with Gasteiger partial charge in [-0.2, -0.15) is 0 Å². The highest BCUT2D eigenvalue weighted by molar-refractivity contribution is 6.31. The van der Waals surface area contributed by atoms with Gasteiger partial charge in [-0.1, -0.05) is 11.6 Å². The number of carbonyl (C=O) groups is 1. The molecule has 1 aromatic heterocycles. The number of halogens is 1. The molecule has 3 rings (SSSR count). The predicted molar refractivity (Wildman–Crippen MR) is 97.8 cm³/mol. The van der Waals surface area contributed by atoms with E-state index in [0.717, 1.165) is 17.3 Å². The van der Waals surface area contributed by atoms with Crippen LogP contribution in [0.25, 0.3) is 10.9 Å². The molecular weight excluding hydrogens is 342 g/mol. The van der Waals surface area contributed by atoms with Crippen LogP contribution in [0.3, 0.4) is 0 Å². The summed E-state index contributed by atoms with van der Waals surface area (Å²) >= 11 is 6.02. The monoisotopic (exact) mass is 365 g/mol. The van der Waals surface area contributed by atoms with Crippen molar-refractivity contribution in [3.8, 4) is 0 Å². The fourth-order valence-electron chi connectivity index (χ4n) is 3.67. The Morgan fingerprint density at radius 1 is 1.36 bits per heavy atom. The molecule has 1 aromatic carbocycles. The second kappa shape index (κ2) is 6.96. The fraction of sp³-hybridized carbons (Fsp3) is 0.500. The van der Waals surface area contributed by atoms with Gasteiger partial charge in [0.1, 0.15) is 5.69 Å². The first kappa shape index (κ1) is 18.2. The van der Waals surface area contributed by atoms with Crippen molar-refractivity contribution in [3.63, 3.8) is 0 Å². The molecule has 0 saturated heterocycles. The lowest BCUT2D eigenvalue weighted by molar-refractivity contribution is -0.230. The standard InChI is InChI=1S/C18H24ClN3O3/c1-22(16-6-7-18(24-2,25-3)10-13(16)20)17(23)15-9-11-8-12(19)4-5-14(11)21-15/h4-5,8-9,13,16,21H,6-7,10,20H2,1-3H3/t13-,16+/m1/s1. The van der Waals surface area contributed by atoms with Crippen LogP contribution in [0.2, 0.25) is 5.02 Å². The number of hydrogen-bond donors (Lipinski definition) is 2. The number of benzene rings is 1. The van der Waals surface area contributed by atoms with E-state index in [4.69, 9.17) is 26.8 Å². The third-order valence-electron chi connectivity index (χ3n) is 5.24. The number of ether oxygens (including phenoxy) is 2. The van der Waals surface area contributed by atoms with Gasteiger partial charge in [-0.15, -0.1) is 0 Å². The Hall–Kier alpha value is -1.60. The van der Waals surface area contributed by atoms with Gasteiger partial charge in [-0.25, -0.2) is 0 Å². The van der Waals surface area contributed by atoms with Crippen molar-refractivity contribution in [3.05, 3.63) is 35.0 Å². The lowest BCUT2D eigenvalue weighted by atomic mass is 9.85. The van der Waals surface area contributed by atoms with Gasteiger partial charge < -0.3 is 25.1 Å². The Bertz CT molecular complexity index is 772. The molecular formula is C18H24ClN3O3. The number of carbonyl (C=O) groups excluding carboxylic acids is 1. The second-order valence-corrected chi connectivity index (χ2v) is 7.06. The van der Waals surface area contributed by atoms with Crippen LogP contribution < -0.4 is 5.73 Å². The molecule has 3 N–H and O–H groups in total. The number of fused-ring (bicyclic) bond motifs is 1. The quantitative estimate of drug-likeness (QED) is 0.816. The molecule has 136 valence electrons. The first-order chi connectivity index (χ1) is 11.9. The van der Waals surface area contributed by atoms with Gasteiger partial charge in [0.15, 0.2) is 5.79 Å². The van der Waals surface area contributed by atoms with Crippen LogP contribution in [0.1, 0.15) is 29.8 Å². The molecule has 6 nitrogen and oxygen atoms in total. The minimum atomic E-state index is -0.655. The Morgan fingerprint density at radius 2 is 2.08 bits per heavy atom.